The molecular weight excluding hydrogens is 1220 g/mol. The van der Waals surface area contributed by atoms with Gasteiger partial charge in [-0.1, -0.05) is 319 Å². The van der Waals surface area contributed by atoms with Gasteiger partial charge < -0.3 is 33.8 Å². The molecule has 6 atom stereocenters. The van der Waals surface area contributed by atoms with Crippen molar-refractivity contribution in [2.75, 3.05) is 39.6 Å². The van der Waals surface area contributed by atoms with Crippen LogP contribution in [0.15, 0.2) is 0 Å². The first kappa shape index (κ1) is 91.1. The van der Waals surface area contributed by atoms with Crippen molar-refractivity contribution in [3.8, 4) is 0 Å². The molecular formula is C74H144O17P2. The maximum absolute atomic E-state index is 13.0. The van der Waals surface area contributed by atoms with Gasteiger partial charge in [0, 0.05) is 25.7 Å². The van der Waals surface area contributed by atoms with Crippen molar-refractivity contribution in [3.63, 3.8) is 0 Å². The van der Waals surface area contributed by atoms with Gasteiger partial charge in [0.2, 0.25) is 0 Å². The topological polar surface area (TPSA) is 237 Å². The minimum Gasteiger partial charge on any atom is -0.462 e. The standard InChI is InChI=1S/C74H144O17P2/c1-9-67(8)53-45-37-32-33-39-47-55-72(77)85-61-70(90-73(78)56-48-40-30-21-19-17-15-13-11-10-12-14-16-18-20-26-34-42-50-64(2)3)63-89-93(82,83)87-59-68(75)58-86-92(80,81)88-62-69(91-74(79)57-49-41-31-25-23-28-36-44-52-66(6)7)60-84-71(76)54-46-38-29-24-22-27-35-43-51-65(4)5/h64-70,75H,9-63H2,1-8H3,(H,80,81)(H,82,83)/t67?,68-,69-,70-/m1/s1. The van der Waals surface area contributed by atoms with Crippen molar-refractivity contribution in [1.29, 1.82) is 0 Å². The molecule has 3 unspecified atom stereocenters. The predicted molar refractivity (Wildman–Crippen MR) is 377 cm³/mol. The third-order valence-corrected chi connectivity index (χ3v) is 19.3. The molecule has 0 aromatic rings. The van der Waals surface area contributed by atoms with Crippen LogP contribution in [0.25, 0.3) is 0 Å². The van der Waals surface area contributed by atoms with E-state index in [4.69, 9.17) is 37.0 Å². The number of carbonyl (C=O) groups is 4. The van der Waals surface area contributed by atoms with Gasteiger partial charge in [-0.3, -0.25) is 37.3 Å². The van der Waals surface area contributed by atoms with Crippen molar-refractivity contribution < 1.29 is 80.2 Å². The van der Waals surface area contributed by atoms with Crippen molar-refractivity contribution in [3.05, 3.63) is 0 Å². The van der Waals surface area contributed by atoms with Crippen LogP contribution in [0.4, 0.5) is 0 Å². The molecule has 0 bridgehead atoms. The molecule has 3 N–H and O–H groups in total. The number of ether oxygens (including phenoxy) is 4. The molecule has 0 amide bonds. The van der Waals surface area contributed by atoms with E-state index in [1.54, 1.807) is 0 Å². The van der Waals surface area contributed by atoms with Crippen LogP contribution in [0.5, 0.6) is 0 Å². The molecule has 0 aromatic carbocycles. The number of aliphatic hydroxyl groups excluding tert-OH is 1. The summed E-state index contributed by atoms with van der Waals surface area (Å²) in [5.74, 6) is 0.868. The van der Waals surface area contributed by atoms with Crippen LogP contribution < -0.4 is 0 Å². The largest absolute Gasteiger partial charge is 0.472 e. The van der Waals surface area contributed by atoms with Crippen molar-refractivity contribution >= 4 is 39.5 Å². The number of hydrogen-bond donors (Lipinski definition) is 3. The first-order chi connectivity index (χ1) is 44.6. The lowest BCUT2D eigenvalue weighted by atomic mass is 10.00. The van der Waals surface area contributed by atoms with Gasteiger partial charge >= 0.3 is 39.5 Å². The molecule has 0 fully saturated rings. The lowest BCUT2D eigenvalue weighted by molar-refractivity contribution is -0.161. The molecule has 0 heterocycles. The number of rotatable bonds is 71. The fourth-order valence-corrected chi connectivity index (χ4v) is 12.7. The molecule has 0 saturated heterocycles. The Hall–Kier alpha value is -1.94. The number of unbranched alkanes of at least 4 members (excludes halogenated alkanes) is 36. The highest BCUT2D eigenvalue weighted by molar-refractivity contribution is 7.47. The summed E-state index contributed by atoms with van der Waals surface area (Å²) in [6, 6.07) is 0. The summed E-state index contributed by atoms with van der Waals surface area (Å²) < 4.78 is 68.4. The Kier molecular flexibility index (Phi) is 62.2. The second-order valence-corrected chi connectivity index (χ2v) is 31.3. The van der Waals surface area contributed by atoms with Gasteiger partial charge in [-0.15, -0.1) is 0 Å². The first-order valence-electron chi connectivity index (χ1n) is 38.2. The summed E-state index contributed by atoms with van der Waals surface area (Å²) in [7, 11) is -9.91. The first-order valence-corrected chi connectivity index (χ1v) is 41.2. The zero-order valence-electron chi connectivity index (χ0n) is 60.9. The Morgan fingerprint density at radius 1 is 0.301 bits per heavy atom. The SMILES string of the molecule is CCC(C)CCCCCCCCC(=O)OC[C@H](COP(=O)(O)OC[C@H](O)COP(=O)(O)OC[C@@H](COC(=O)CCCCCCCCCCC(C)C)OC(=O)CCCCCCCCCCC(C)C)OC(=O)CCCCCCCCCCCCCCCCCCCCC(C)C. The molecule has 19 heteroatoms. The second kappa shape index (κ2) is 63.5. The van der Waals surface area contributed by atoms with E-state index in [1.165, 1.54) is 167 Å². The minimum atomic E-state index is -4.96. The van der Waals surface area contributed by atoms with Gasteiger partial charge in [-0.25, -0.2) is 9.13 Å². The smallest absolute Gasteiger partial charge is 0.462 e. The number of carbonyl (C=O) groups excluding carboxylic acids is 4. The van der Waals surface area contributed by atoms with Gasteiger partial charge in [-0.05, 0) is 49.4 Å². The third kappa shape index (κ3) is 67.0. The predicted octanol–water partition coefficient (Wildman–Crippen LogP) is 21.3. The average molecular weight is 1370 g/mol. The third-order valence-electron chi connectivity index (χ3n) is 17.4. The molecule has 0 aliphatic rings. The second-order valence-electron chi connectivity index (χ2n) is 28.4. The normalized spacial score (nSPS) is 14.5. The number of hydrogen-bond acceptors (Lipinski definition) is 15. The van der Waals surface area contributed by atoms with Gasteiger partial charge in [0.05, 0.1) is 26.4 Å². The molecule has 0 aromatic heterocycles. The van der Waals surface area contributed by atoms with E-state index in [2.05, 4.69) is 55.4 Å². The van der Waals surface area contributed by atoms with E-state index >= 15 is 0 Å². The zero-order valence-corrected chi connectivity index (χ0v) is 62.7. The molecule has 0 saturated carbocycles. The highest BCUT2D eigenvalue weighted by Gasteiger charge is 2.30. The molecule has 0 spiro atoms. The maximum atomic E-state index is 13.0. The van der Waals surface area contributed by atoms with Crippen LogP contribution in [0, 0.1) is 23.7 Å². The summed E-state index contributed by atoms with van der Waals surface area (Å²) in [5.41, 5.74) is 0. The van der Waals surface area contributed by atoms with Crippen LogP contribution in [0.2, 0.25) is 0 Å². The van der Waals surface area contributed by atoms with Crippen molar-refractivity contribution in [2.24, 2.45) is 23.7 Å². The highest BCUT2D eigenvalue weighted by Crippen LogP contribution is 2.45. The van der Waals surface area contributed by atoms with Gasteiger partial charge in [0.25, 0.3) is 0 Å². The van der Waals surface area contributed by atoms with E-state index in [1.807, 2.05) is 0 Å². The van der Waals surface area contributed by atoms with E-state index in [9.17, 15) is 43.2 Å². The number of aliphatic hydroxyl groups is 1. The van der Waals surface area contributed by atoms with Gasteiger partial charge in [0.1, 0.15) is 19.3 Å². The number of phosphoric acid groups is 2. The summed E-state index contributed by atoms with van der Waals surface area (Å²) in [6.07, 6.45) is 47.5. The van der Waals surface area contributed by atoms with Crippen LogP contribution in [0.1, 0.15) is 370 Å². The molecule has 0 aliphatic heterocycles. The molecule has 17 nitrogen and oxygen atoms in total. The molecule has 0 aliphatic carbocycles. The number of phosphoric ester groups is 2. The van der Waals surface area contributed by atoms with Gasteiger partial charge in [0.15, 0.2) is 12.2 Å². The zero-order chi connectivity index (χ0) is 68.9. The van der Waals surface area contributed by atoms with Crippen LogP contribution >= 0.6 is 15.6 Å². The fraction of sp³-hybridized carbons (Fsp3) is 0.946. The molecule has 0 radical (unpaired) electrons. The summed E-state index contributed by atoms with van der Waals surface area (Å²) in [6.45, 7) is 14.1. The monoisotopic (exact) mass is 1370 g/mol. The van der Waals surface area contributed by atoms with E-state index in [0.717, 1.165) is 120 Å². The average Bonchev–Trinajstić information content (AvgIpc) is 1.70. The van der Waals surface area contributed by atoms with Crippen molar-refractivity contribution in [1.82, 2.24) is 0 Å². The Morgan fingerprint density at radius 3 is 0.763 bits per heavy atom. The summed E-state index contributed by atoms with van der Waals surface area (Å²) in [4.78, 5) is 72.6. The minimum absolute atomic E-state index is 0.103. The van der Waals surface area contributed by atoms with Crippen LogP contribution in [-0.2, 0) is 65.4 Å². The van der Waals surface area contributed by atoms with Gasteiger partial charge in [-0.2, -0.15) is 0 Å². The van der Waals surface area contributed by atoms with E-state index in [0.29, 0.717) is 25.7 Å². The Morgan fingerprint density at radius 2 is 0.516 bits per heavy atom. The van der Waals surface area contributed by atoms with E-state index in [-0.39, 0.29) is 25.7 Å². The Balaban J connectivity index is 5.18. The molecule has 552 valence electrons. The summed E-state index contributed by atoms with van der Waals surface area (Å²) >= 11 is 0. The lowest BCUT2D eigenvalue weighted by Gasteiger charge is -2.21. The van der Waals surface area contributed by atoms with E-state index < -0.39 is 97.5 Å². The fourth-order valence-electron chi connectivity index (χ4n) is 11.2. The maximum Gasteiger partial charge on any atom is 0.472 e. The van der Waals surface area contributed by atoms with Crippen LogP contribution in [-0.4, -0.2) is 96.7 Å². The summed E-state index contributed by atoms with van der Waals surface area (Å²) in [5, 5.41) is 10.6. The molecule has 0 rings (SSSR count). The quantitative estimate of drug-likeness (QED) is 0.0222. The molecule has 93 heavy (non-hydrogen) atoms. The number of esters is 4. The Labute approximate surface area is 568 Å². The van der Waals surface area contributed by atoms with Crippen molar-refractivity contribution in [2.45, 2.75) is 388 Å². The van der Waals surface area contributed by atoms with Crippen LogP contribution in [0.3, 0.4) is 0 Å². The lowest BCUT2D eigenvalue weighted by Crippen LogP contribution is -2.30. The highest BCUT2D eigenvalue weighted by atomic mass is 31.2. The Bertz CT molecular complexity index is 1840.